The monoisotopic (exact) mass is 329 g/mol. The van der Waals surface area contributed by atoms with E-state index in [-0.39, 0.29) is 12.2 Å². The van der Waals surface area contributed by atoms with Gasteiger partial charge in [0.1, 0.15) is 18.1 Å². The van der Waals surface area contributed by atoms with Crippen molar-refractivity contribution in [3.8, 4) is 0 Å². The molecular formula is C16H16FN5O2. The number of benzene rings is 1. The summed E-state index contributed by atoms with van der Waals surface area (Å²) in [6, 6.07) is 7.77. The molecule has 24 heavy (non-hydrogen) atoms. The lowest BCUT2D eigenvalue weighted by atomic mass is 10.2. The minimum atomic E-state index is -0.563. The van der Waals surface area contributed by atoms with Gasteiger partial charge in [-0.2, -0.15) is 5.10 Å². The summed E-state index contributed by atoms with van der Waals surface area (Å²) in [5.74, 6) is -1.40. The van der Waals surface area contributed by atoms with Crippen LogP contribution < -0.4 is 10.9 Å². The number of hydrogen-bond donors (Lipinski definition) is 3. The molecule has 2 aromatic heterocycles. The quantitative estimate of drug-likeness (QED) is 0.637. The lowest BCUT2D eigenvalue weighted by Gasteiger charge is -2.07. The highest BCUT2D eigenvalue weighted by molar-refractivity contribution is 5.98. The smallest absolute Gasteiger partial charge is 0.286 e. The Morgan fingerprint density at radius 2 is 2.04 bits per heavy atom. The van der Waals surface area contributed by atoms with Crippen molar-refractivity contribution in [1.82, 2.24) is 25.6 Å². The predicted octanol–water partition coefficient (Wildman–Crippen LogP) is 1.58. The number of halogens is 1. The van der Waals surface area contributed by atoms with E-state index in [0.29, 0.717) is 10.9 Å². The van der Waals surface area contributed by atoms with E-state index in [4.69, 9.17) is 0 Å². The number of amides is 2. The average Bonchev–Trinajstić information content (AvgIpc) is 3.09. The maximum absolute atomic E-state index is 13.6. The summed E-state index contributed by atoms with van der Waals surface area (Å²) in [5.41, 5.74) is 6.92. The number of aromatic nitrogens is 3. The van der Waals surface area contributed by atoms with Crippen LogP contribution in [0.5, 0.6) is 0 Å². The Morgan fingerprint density at radius 3 is 2.71 bits per heavy atom. The molecule has 7 nitrogen and oxygen atoms in total. The number of rotatable bonds is 3. The van der Waals surface area contributed by atoms with Crippen molar-refractivity contribution in [3.63, 3.8) is 0 Å². The minimum absolute atomic E-state index is 0.0126. The van der Waals surface area contributed by atoms with E-state index in [9.17, 15) is 14.0 Å². The summed E-state index contributed by atoms with van der Waals surface area (Å²) < 4.78 is 15.2. The van der Waals surface area contributed by atoms with E-state index in [1.165, 1.54) is 16.8 Å². The van der Waals surface area contributed by atoms with E-state index in [2.05, 4.69) is 20.9 Å². The van der Waals surface area contributed by atoms with E-state index in [0.717, 1.165) is 11.4 Å². The molecule has 0 aliphatic carbocycles. The fourth-order valence-electron chi connectivity index (χ4n) is 2.44. The van der Waals surface area contributed by atoms with Gasteiger partial charge in [-0.15, -0.1) is 0 Å². The molecule has 0 bridgehead atoms. The highest BCUT2D eigenvalue weighted by Crippen LogP contribution is 2.18. The third kappa shape index (κ3) is 3.12. The number of hydrazine groups is 1. The molecule has 0 aliphatic rings. The summed E-state index contributed by atoms with van der Waals surface area (Å²) >= 11 is 0. The van der Waals surface area contributed by atoms with Gasteiger partial charge in [-0.05, 0) is 38.1 Å². The number of carbonyl (C=O) groups excluding carboxylic acids is 2. The molecule has 124 valence electrons. The fourth-order valence-corrected chi connectivity index (χ4v) is 2.44. The molecule has 0 saturated heterocycles. The normalized spacial score (nSPS) is 10.8. The van der Waals surface area contributed by atoms with Crippen LogP contribution in [0.2, 0.25) is 0 Å². The van der Waals surface area contributed by atoms with Crippen LogP contribution in [0.25, 0.3) is 10.9 Å². The number of aromatic amines is 1. The lowest BCUT2D eigenvalue weighted by molar-refractivity contribution is -0.122. The van der Waals surface area contributed by atoms with Crippen LogP contribution in [-0.4, -0.2) is 26.6 Å². The van der Waals surface area contributed by atoms with Gasteiger partial charge in [-0.1, -0.05) is 6.07 Å². The summed E-state index contributed by atoms with van der Waals surface area (Å²) in [4.78, 5) is 26.7. The summed E-state index contributed by atoms with van der Waals surface area (Å²) in [5, 5.41) is 4.49. The highest BCUT2D eigenvalue weighted by atomic mass is 19.1. The molecule has 1 aromatic carbocycles. The minimum Gasteiger partial charge on any atom is -0.350 e. The van der Waals surface area contributed by atoms with Crippen LogP contribution in [0.3, 0.4) is 0 Å². The van der Waals surface area contributed by atoms with E-state index in [1.807, 2.05) is 19.9 Å². The number of fused-ring (bicyclic) bond motifs is 1. The second-order valence-corrected chi connectivity index (χ2v) is 5.47. The van der Waals surface area contributed by atoms with Crippen LogP contribution in [0.15, 0.2) is 30.3 Å². The highest BCUT2D eigenvalue weighted by Gasteiger charge is 2.13. The van der Waals surface area contributed by atoms with E-state index < -0.39 is 17.6 Å². The third-order valence-electron chi connectivity index (χ3n) is 3.57. The van der Waals surface area contributed by atoms with Crippen molar-refractivity contribution in [3.05, 3.63) is 53.2 Å². The van der Waals surface area contributed by atoms with Crippen molar-refractivity contribution in [1.29, 1.82) is 0 Å². The molecule has 0 unspecified atom stereocenters. The Hall–Kier alpha value is -3.16. The Morgan fingerprint density at radius 1 is 1.25 bits per heavy atom. The van der Waals surface area contributed by atoms with Crippen LogP contribution >= 0.6 is 0 Å². The van der Waals surface area contributed by atoms with Crippen LogP contribution in [0.4, 0.5) is 4.39 Å². The van der Waals surface area contributed by atoms with Gasteiger partial charge in [-0.25, -0.2) is 4.39 Å². The number of aryl methyl sites for hydroxylation is 2. The number of H-pyrrole nitrogens is 1. The van der Waals surface area contributed by atoms with Crippen molar-refractivity contribution in [2.75, 3.05) is 0 Å². The molecule has 0 fully saturated rings. The van der Waals surface area contributed by atoms with E-state index >= 15 is 0 Å². The molecule has 8 heteroatoms. The lowest BCUT2D eigenvalue weighted by Crippen LogP contribution is -2.43. The summed E-state index contributed by atoms with van der Waals surface area (Å²) in [7, 11) is 0. The fraction of sp³-hybridized carbons (Fsp3) is 0.188. The Kier molecular flexibility index (Phi) is 4.03. The van der Waals surface area contributed by atoms with Crippen molar-refractivity contribution in [2.24, 2.45) is 0 Å². The Labute approximate surface area is 136 Å². The first-order valence-electron chi connectivity index (χ1n) is 7.31. The van der Waals surface area contributed by atoms with Gasteiger partial charge < -0.3 is 4.98 Å². The van der Waals surface area contributed by atoms with Crippen LogP contribution in [0.1, 0.15) is 21.9 Å². The zero-order valence-electron chi connectivity index (χ0n) is 13.2. The molecule has 3 N–H and O–H groups in total. The second kappa shape index (κ2) is 6.15. The van der Waals surface area contributed by atoms with Gasteiger partial charge in [0.2, 0.25) is 0 Å². The van der Waals surface area contributed by atoms with Gasteiger partial charge in [0.25, 0.3) is 11.8 Å². The standard InChI is InChI=1S/C16H16FN5O2/c1-9-6-10(2)22(21-9)8-15(23)19-20-16(24)14-7-11-12(17)4-3-5-13(11)18-14/h3-7,18H,8H2,1-2H3,(H,19,23)(H,20,24). The van der Waals surface area contributed by atoms with Gasteiger partial charge in [0, 0.05) is 16.6 Å². The predicted molar refractivity (Wildman–Crippen MR) is 85.6 cm³/mol. The first-order chi connectivity index (χ1) is 11.4. The largest absolute Gasteiger partial charge is 0.350 e. The number of hydrogen-bond acceptors (Lipinski definition) is 3. The number of nitrogens with zero attached hydrogens (tertiary/aromatic N) is 2. The molecule has 0 spiro atoms. The molecule has 0 radical (unpaired) electrons. The maximum Gasteiger partial charge on any atom is 0.286 e. The second-order valence-electron chi connectivity index (χ2n) is 5.47. The Bertz CT molecular complexity index is 928. The molecular weight excluding hydrogens is 313 g/mol. The first kappa shape index (κ1) is 15.7. The van der Waals surface area contributed by atoms with Gasteiger partial charge in [0.05, 0.1) is 5.69 Å². The molecule has 3 rings (SSSR count). The molecule has 2 amide bonds. The zero-order chi connectivity index (χ0) is 17.3. The first-order valence-corrected chi connectivity index (χ1v) is 7.31. The van der Waals surface area contributed by atoms with Crippen molar-refractivity contribution >= 4 is 22.7 Å². The van der Waals surface area contributed by atoms with Crippen LogP contribution in [0, 0.1) is 19.7 Å². The molecule has 0 atom stereocenters. The SMILES string of the molecule is Cc1cc(C)n(CC(=O)NNC(=O)c2cc3c(F)cccc3[nH]2)n1. The molecule has 0 saturated carbocycles. The Balaban J connectivity index is 1.63. The topological polar surface area (TPSA) is 91.8 Å². The zero-order valence-corrected chi connectivity index (χ0v) is 13.2. The molecule has 3 aromatic rings. The van der Waals surface area contributed by atoms with Gasteiger partial charge >= 0.3 is 0 Å². The van der Waals surface area contributed by atoms with E-state index in [1.54, 1.807) is 12.1 Å². The summed E-state index contributed by atoms with van der Waals surface area (Å²) in [6.07, 6.45) is 0. The average molecular weight is 329 g/mol. The summed E-state index contributed by atoms with van der Waals surface area (Å²) in [6.45, 7) is 3.66. The number of carbonyl (C=O) groups is 2. The van der Waals surface area contributed by atoms with Crippen LogP contribution in [-0.2, 0) is 11.3 Å². The third-order valence-corrected chi connectivity index (χ3v) is 3.57. The van der Waals surface area contributed by atoms with Gasteiger partial charge in [0.15, 0.2) is 0 Å². The van der Waals surface area contributed by atoms with Crippen molar-refractivity contribution in [2.45, 2.75) is 20.4 Å². The molecule has 2 heterocycles. The molecule has 0 aliphatic heterocycles. The van der Waals surface area contributed by atoms with Crippen molar-refractivity contribution < 1.29 is 14.0 Å². The maximum atomic E-state index is 13.6. The van der Waals surface area contributed by atoms with Gasteiger partial charge in [-0.3, -0.25) is 25.1 Å². The number of nitrogens with one attached hydrogen (secondary N) is 3.